The predicted octanol–water partition coefficient (Wildman–Crippen LogP) is 3.31. The maximum absolute atomic E-state index is 12.2. The lowest BCUT2D eigenvalue weighted by Gasteiger charge is -2.26. The van der Waals surface area contributed by atoms with E-state index in [9.17, 15) is 4.79 Å². The second kappa shape index (κ2) is 7.69. The number of carbonyl (C=O) groups is 1. The van der Waals surface area contributed by atoms with Gasteiger partial charge in [0.05, 0.1) is 11.9 Å². The van der Waals surface area contributed by atoms with E-state index in [2.05, 4.69) is 28.8 Å². The monoisotopic (exact) mass is 307 g/mol. The molecule has 1 aromatic rings. The average molecular weight is 307 g/mol. The smallest absolute Gasteiger partial charge is 0.269 e. The molecule has 116 valence electrons. The van der Waals surface area contributed by atoms with Gasteiger partial charge in [-0.2, -0.15) is 11.8 Å². The lowest BCUT2D eigenvalue weighted by atomic mass is 10.1. The van der Waals surface area contributed by atoms with Crippen LogP contribution in [0.5, 0.6) is 0 Å². The van der Waals surface area contributed by atoms with E-state index in [0.29, 0.717) is 5.69 Å². The SMILES string of the molecule is CCCNc1ccc(C(=O)NCC2(SC)CCCC2)nc1. The molecule has 1 amide bonds. The fraction of sp³-hybridized carbons (Fsp3) is 0.625. The van der Waals surface area contributed by atoms with Crippen LogP contribution in [0, 0.1) is 0 Å². The molecule has 0 unspecified atom stereocenters. The first kappa shape index (κ1) is 16.1. The lowest BCUT2D eigenvalue weighted by molar-refractivity contribution is 0.0944. The van der Waals surface area contributed by atoms with Crippen LogP contribution in [0.15, 0.2) is 18.3 Å². The molecule has 0 saturated heterocycles. The van der Waals surface area contributed by atoms with E-state index in [1.807, 2.05) is 17.8 Å². The largest absolute Gasteiger partial charge is 0.384 e. The molecule has 0 atom stereocenters. The minimum atomic E-state index is -0.0719. The van der Waals surface area contributed by atoms with Crippen LogP contribution in [0.25, 0.3) is 0 Å². The van der Waals surface area contributed by atoms with E-state index in [0.717, 1.165) is 25.2 Å². The van der Waals surface area contributed by atoms with Crippen molar-refractivity contribution in [3.8, 4) is 0 Å². The molecular formula is C16H25N3OS. The minimum absolute atomic E-state index is 0.0719. The number of pyridine rings is 1. The number of nitrogens with one attached hydrogen (secondary N) is 2. The van der Waals surface area contributed by atoms with Gasteiger partial charge in [0, 0.05) is 17.8 Å². The van der Waals surface area contributed by atoms with Gasteiger partial charge >= 0.3 is 0 Å². The first-order chi connectivity index (χ1) is 10.2. The van der Waals surface area contributed by atoms with E-state index >= 15 is 0 Å². The summed E-state index contributed by atoms with van der Waals surface area (Å²) in [6.45, 7) is 3.78. The highest BCUT2D eigenvalue weighted by molar-refractivity contribution is 8.00. The topological polar surface area (TPSA) is 54.0 Å². The highest BCUT2D eigenvalue weighted by atomic mass is 32.2. The highest BCUT2D eigenvalue weighted by Crippen LogP contribution is 2.39. The van der Waals surface area contributed by atoms with Gasteiger partial charge < -0.3 is 10.6 Å². The Labute approximate surface area is 131 Å². The van der Waals surface area contributed by atoms with Gasteiger partial charge in [-0.3, -0.25) is 4.79 Å². The van der Waals surface area contributed by atoms with Crippen LogP contribution in [0.4, 0.5) is 5.69 Å². The molecule has 1 fully saturated rings. The van der Waals surface area contributed by atoms with E-state index in [-0.39, 0.29) is 10.7 Å². The maximum Gasteiger partial charge on any atom is 0.269 e. The molecular weight excluding hydrogens is 282 g/mol. The Morgan fingerprint density at radius 1 is 1.38 bits per heavy atom. The van der Waals surface area contributed by atoms with Gasteiger partial charge in [-0.1, -0.05) is 19.8 Å². The Hall–Kier alpha value is -1.23. The third-order valence-corrected chi connectivity index (χ3v) is 5.51. The van der Waals surface area contributed by atoms with Gasteiger partial charge in [-0.05, 0) is 37.7 Å². The van der Waals surface area contributed by atoms with Crippen molar-refractivity contribution in [1.29, 1.82) is 0 Å². The molecule has 21 heavy (non-hydrogen) atoms. The number of carbonyl (C=O) groups excluding carboxylic acids is 1. The van der Waals surface area contributed by atoms with Crippen molar-refractivity contribution in [2.75, 3.05) is 24.7 Å². The van der Waals surface area contributed by atoms with E-state index < -0.39 is 0 Å². The van der Waals surface area contributed by atoms with Crippen LogP contribution >= 0.6 is 11.8 Å². The molecule has 0 radical (unpaired) electrons. The van der Waals surface area contributed by atoms with E-state index in [1.165, 1.54) is 25.7 Å². The van der Waals surface area contributed by atoms with Gasteiger partial charge in [0.25, 0.3) is 5.91 Å². The molecule has 1 aliphatic rings. The number of hydrogen-bond donors (Lipinski definition) is 2. The fourth-order valence-corrected chi connectivity index (χ4v) is 3.62. The molecule has 5 heteroatoms. The van der Waals surface area contributed by atoms with Gasteiger partial charge in [0.2, 0.25) is 0 Å². The number of hydrogen-bond acceptors (Lipinski definition) is 4. The molecule has 0 aliphatic heterocycles. The molecule has 1 heterocycles. The van der Waals surface area contributed by atoms with E-state index in [4.69, 9.17) is 0 Å². The predicted molar refractivity (Wildman–Crippen MR) is 90.1 cm³/mol. The molecule has 4 nitrogen and oxygen atoms in total. The van der Waals surface area contributed by atoms with Crippen LogP contribution in [0.2, 0.25) is 0 Å². The van der Waals surface area contributed by atoms with E-state index in [1.54, 1.807) is 12.3 Å². The molecule has 0 spiro atoms. The minimum Gasteiger partial charge on any atom is -0.384 e. The molecule has 0 aromatic carbocycles. The summed E-state index contributed by atoms with van der Waals surface area (Å²) in [5.74, 6) is -0.0719. The fourth-order valence-electron chi connectivity index (χ4n) is 2.71. The molecule has 2 rings (SSSR count). The van der Waals surface area contributed by atoms with Crippen LogP contribution in [-0.2, 0) is 0 Å². The third-order valence-electron chi connectivity index (χ3n) is 4.09. The Kier molecular flexibility index (Phi) is 5.91. The number of amides is 1. The molecule has 1 aromatic heterocycles. The van der Waals surface area contributed by atoms with Crippen molar-refractivity contribution < 1.29 is 4.79 Å². The summed E-state index contributed by atoms with van der Waals surface area (Å²) in [5.41, 5.74) is 1.45. The second-order valence-corrected chi connectivity index (χ2v) is 6.91. The van der Waals surface area contributed by atoms with Crippen molar-refractivity contribution >= 4 is 23.4 Å². The first-order valence-corrected chi connectivity index (χ1v) is 8.95. The summed E-state index contributed by atoms with van der Waals surface area (Å²) in [6, 6.07) is 3.70. The zero-order valence-electron chi connectivity index (χ0n) is 12.9. The Bertz CT molecular complexity index is 455. The Morgan fingerprint density at radius 3 is 2.71 bits per heavy atom. The van der Waals surface area contributed by atoms with Crippen molar-refractivity contribution in [1.82, 2.24) is 10.3 Å². The summed E-state index contributed by atoms with van der Waals surface area (Å²) in [5, 5.41) is 6.31. The van der Waals surface area contributed by atoms with Gasteiger partial charge in [0.15, 0.2) is 0 Å². The van der Waals surface area contributed by atoms with Crippen molar-refractivity contribution in [3.05, 3.63) is 24.0 Å². The normalized spacial score (nSPS) is 16.7. The number of rotatable bonds is 7. The number of thioether (sulfide) groups is 1. The van der Waals surface area contributed by atoms with Crippen molar-refractivity contribution in [2.24, 2.45) is 0 Å². The summed E-state index contributed by atoms with van der Waals surface area (Å²) in [7, 11) is 0. The van der Waals surface area contributed by atoms with Crippen LogP contribution in [0.1, 0.15) is 49.5 Å². The second-order valence-electron chi connectivity index (χ2n) is 5.64. The van der Waals surface area contributed by atoms with Crippen molar-refractivity contribution in [2.45, 2.75) is 43.8 Å². The number of anilines is 1. The highest BCUT2D eigenvalue weighted by Gasteiger charge is 2.33. The van der Waals surface area contributed by atoms with Gasteiger partial charge in [0.1, 0.15) is 5.69 Å². The first-order valence-electron chi connectivity index (χ1n) is 7.72. The standard InChI is InChI=1S/C16H25N3OS/c1-3-10-17-13-6-7-14(18-11-13)15(20)19-12-16(21-2)8-4-5-9-16/h6-7,11,17H,3-5,8-10,12H2,1-2H3,(H,19,20). The third kappa shape index (κ3) is 4.37. The number of nitrogens with zero attached hydrogens (tertiary/aromatic N) is 1. The summed E-state index contributed by atoms with van der Waals surface area (Å²) in [4.78, 5) is 16.4. The lowest BCUT2D eigenvalue weighted by Crippen LogP contribution is -2.38. The average Bonchev–Trinajstić information content (AvgIpc) is 3.00. The van der Waals surface area contributed by atoms with Gasteiger partial charge in [-0.15, -0.1) is 0 Å². The maximum atomic E-state index is 12.2. The van der Waals surface area contributed by atoms with Crippen molar-refractivity contribution in [3.63, 3.8) is 0 Å². The summed E-state index contributed by atoms with van der Waals surface area (Å²) < 4.78 is 0.234. The number of aromatic nitrogens is 1. The zero-order valence-corrected chi connectivity index (χ0v) is 13.8. The molecule has 1 aliphatic carbocycles. The van der Waals surface area contributed by atoms with Gasteiger partial charge in [-0.25, -0.2) is 4.98 Å². The molecule has 0 bridgehead atoms. The molecule has 2 N–H and O–H groups in total. The van der Waals surface area contributed by atoms with Crippen LogP contribution in [0.3, 0.4) is 0 Å². The Morgan fingerprint density at radius 2 is 2.14 bits per heavy atom. The summed E-state index contributed by atoms with van der Waals surface area (Å²) >= 11 is 1.88. The van der Waals surface area contributed by atoms with Crippen LogP contribution in [-0.4, -0.2) is 35.0 Å². The summed E-state index contributed by atoms with van der Waals surface area (Å²) in [6.07, 6.45) is 9.87. The Balaban J connectivity index is 1.88. The van der Waals surface area contributed by atoms with Crippen LogP contribution < -0.4 is 10.6 Å². The molecule has 1 saturated carbocycles. The zero-order chi connectivity index (χ0) is 15.1. The quantitative estimate of drug-likeness (QED) is 0.811.